The van der Waals surface area contributed by atoms with Crippen LogP contribution in [-0.2, 0) is 27.1 Å². The van der Waals surface area contributed by atoms with Crippen LogP contribution in [-0.4, -0.2) is 76.3 Å². The molecular formula is C33H32BrN6O6+. The highest BCUT2D eigenvalue weighted by Crippen LogP contribution is 2.41. The largest absolute Gasteiger partial charge is 0.441 e. The minimum atomic E-state index is -0.509. The summed E-state index contributed by atoms with van der Waals surface area (Å²) in [5, 5.41) is 14.4. The normalized spacial score (nSPS) is 23.2. The number of ether oxygens (including phenoxy) is 3. The first-order valence-electron chi connectivity index (χ1n) is 15.3. The van der Waals surface area contributed by atoms with Crippen molar-refractivity contribution in [2.75, 3.05) is 29.6 Å². The average Bonchev–Trinajstić information content (AvgIpc) is 3.85. The number of amides is 2. The Balaban J connectivity index is 0.906. The first-order chi connectivity index (χ1) is 22.3. The molecule has 2 aromatic heterocycles. The fourth-order valence-electron chi connectivity index (χ4n) is 7.00. The maximum atomic E-state index is 12.6. The topological polar surface area (TPSA) is 123 Å². The number of hydrogen-bond donors (Lipinski definition) is 1. The number of aliphatic hydroxyl groups excluding tert-OH is 1. The molecule has 13 heteroatoms. The summed E-state index contributed by atoms with van der Waals surface area (Å²) in [6.45, 7) is 4.53. The number of cyclic esters (lactones) is 2. The molecule has 1 N–H and O–H groups in total. The van der Waals surface area contributed by atoms with E-state index in [0.717, 1.165) is 50.2 Å². The smallest absolute Gasteiger partial charge is 0.415 e. The fourth-order valence-corrected chi connectivity index (χ4v) is 7.41. The lowest BCUT2D eigenvalue weighted by molar-refractivity contribution is -0.776. The van der Waals surface area contributed by atoms with E-state index in [1.54, 1.807) is 14.5 Å². The van der Waals surface area contributed by atoms with Crippen LogP contribution in [0, 0.1) is 6.92 Å². The van der Waals surface area contributed by atoms with E-state index < -0.39 is 12.2 Å². The molecule has 0 spiro atoms. The molecule has 2 saturated heterocycles. The van der Waals surface area contributed by atoms with Crippen molar-refractivity contribution < 1.29 is 33.6 Å². The number of rotatable bonds is 8. The van der Waals surface area contributed by atoms with Crippen molar-refractivity contribution in [3.63, 3.8) is 0 Å². The maximum Gasteiger partial charge on any atom is 0.415 e. The molecule has 4 aliphatic rings. The fraction of sp³-hybridized carbons (Fsp3) is 0.364. The van der Waals surface area contributed by atoms with Crippen molar-refractivity contribution in [3.8, 4) is 16.9 Å². The number of hydrogen-bond acceptors (Lipinski definition) is 8. The zero-order valence-corrected chi connectivity index (χ0v) is 26.8. The second kappa shape index (κ2) is 11.2. The van der Waals surface area contributed by atoms with E-state index in [0.29, 0.717) is 25.5 Å². The van der Waals surface area contributed by atoms with Gasteiger partial charge in [0.05, 0.1) is 48.5 Å². The zero-order valence-electron chi connectivity index (χ0n) is 25.2. The van der Waals surface area contributed by atoms with Gasteiger partial charge in [0.25, 0.3) is 0 Å². The molecule has 0 aliphatic carbocycles. The van der Waals surface area contributed by atoms with E-state index in [-0.39, 0.29) is 36.9 Å². The van der Waals surface area contributed by atoms with Crippen LogP contribution in [0.3, 0.4) is 0 Å². The van der Waals surface area contributed by atoms with E-state index in [4.69, 9.17) is 24.4 Å². The van der Waals surface area contributed by atoms with Crippen LogP contribution < -0.4 is 14.5 Å². The molecule has 236 valence electrons. The Morgan fingerprint density at radius 2 is 1.65 bits per heavy atom. The second-order valence-corrected chi connectivity index (χ2v) is 13.2. The van der Waals surface area contributed by atoms with Crippen LogP contribution in [0.4, 0.5) is 21.0 Å². The first kappa shape index (κ1) is 29.1. The minimum Gasteiger partial charge on any atom is -0.441 e. The number of aromatic nitrogens is 4. The lowest BCUT2D eigenvalue weighted by Gasteiger charge is -2.17. The highest BCUT2D eigenvalue weighted by Gasteiger charge is 2.48. The van der Waals surface area contributed by atoms with Gasteiger partial charge < -0.3 is 19.3 Å². The van der Waals surface area contributed by atoms with Crippen LogP contribution in [0.2, 0.25) is 0 Å². The lowest BCUT2D eigenvalue weighted by Crippen LogP contribution is -2.43. The number of benzene rings is 2. The molecule has 4 aliphatic heterocycles. The molecule has 0 saturated carbocycles. The molecule has 6 heterocycles. The molecule has 0 bridgehead atoms. The molecule has 2 fully saturated rings. The standard InChI is InChI=1S/C33H32BrN6O6/c1-18-14-37(19(2)16-44-17-30-28-12-23-10-24(34)5-7-26(23)39(28)33(43)46-30)36-40(18)31-8-4-21(13-35-31)20-3-6-25-22(9-20)11-27-29(15-41)45-32(42)38(25)27/h3-10,13-14,19,27-30,41H,11-12,15-17H2,1-2H3/q+1. The van der Waals surface area contributed by atoms with Gasteiger partial charge >= 0.3 is 12.2 Å². The Morgan fingerprint density at radius 3 is 2.37 bits per heavy atom. The second-order valence-electron chi connectivity index (χ2n) is 12.3. The van der Waals surface area contributed by atoms with E-state index in [1.165, 1.54) is 0 Å². The lowest BCUT2D eigenvalue weighted by atomic mass is 10.0. The van der Waals surface area contributed by atoms with E-state index in [1.807, 2.05) is 67.3 Å². The van der Waals surface area contributed by atoms with Gasteiger partial charge in [0.2, 0.25) is 5.82 Å². The quantitative estimate of drug-likeness (QED) is 0.275. The molecule has 12 nitrogen and oxygen atoms in total. The molecule has 8 rings (SSSR count). The highest BCUT2D eigenvalue weighted by atomic mass is 79.9. The van der Waals surface area contributed by atoms with E-state index in [2.05, 4.69) is 28.1 Å². The van der Waals surface area contributed by atoms with Gasteiger partial charge in [-0.3, -0.25) is 9.80 Å². The van der Waals surface area contributed by atoms with Gasteiger partial charge in [-0.15, -0.1) is 4.68 Å². The average molecular weight is 689 g/mol. The summed E-state index contributed by atoms with van der Waals surface area (Å²) in [7, 11) is 0. The van der Waals surface area contributed by atoms with Crippen LogP contribution in [0.1, 0.15) is 29.8 Å². The van der Waals surface area contributed by atoms with Gasteiger partial charge in [0, 0.05) is 29.2 Å². The molecule has 0 radical (unpaired) electrons. The third-order valence-electron chi connectivity index (χ3n) is 9.33. The Kier molecular flexibility index (Phi) is 7.07. The Morgan fingerprint density at radius 1 is 0.978 bits per heavy atom. The number of halogens is 1. The van der Waals surface area contributed by atoms with Crippen LogP contribution in [0.15, 0.2) is 65.4 Å². The summed E-state index contributed by atoms with van der Waals surface area (Å²) in [5.41, 5.74) is 6.78. The number of anilines is 2. The molecule has 2 aromatic carbocycles. The zero-order chi connectivity index (χ0) is 31.7. The van der Waals surface area contributed by atoms with E-state index in [9.17, 15) is 14.7 Å². The number of nitrogens with zero attached hydrogens (tertiary/aromatic N) is 6. The van der Waals surface area contributed by atoms with Crippen molar-refractivity contribution >= 4 is 39.5 Å². The van der Waals surface area contributed by atoms with Crippen LogP contribution in [0.5, 0.6) is 0 Å². The summed E-state index contributed by atoms with van der Waals surface area (Å²) in [6, 6.07) is 15.6. The van der Waals surface area contributed by atoms with Gasteiger partial charge in [-0.1, -0.05) is 26.7 Å². The van der Waals surface area contributed by atoms with Crippen molar-refractivity contribution in [3.05, 3.63) is 82.2 Å². The minimum absolute atomic E-state index is 0.0616. The number of aliphatic hydroxyl groups is 1. The van der Waals surface area contributed by atoms with Gasteiger partial charge in [-0.2, -0.15) is 0 Å². The van der Waals surface area contributed by atoms with Crippen LogP contribution >= 0.6 is 15.9 Å². The van der Waals surface area contributed by atoms with Crippen molar-refractivity contribution in [2.24, 2.45) is 0 Å². The maximum absolute atomic E-state index is 12.6. The highest BCUT2D eigenvalue weighted by molar-refractivity contribution is 9.10. The molecule has 2 amide bonds. The summed E-state index contributed by atoms with van der Waals surface area (Å²) < 4.78 is 21.7. The third kappa shape index (κ3) is 4.76. The predicted molar refractivity (Wildman–Crippen MR) is 169 cm³/mol. The van der Waals surface area contributed by atoms with Gasteiger partial charge in [0.15, 0.2) is 11.9 Å². The van der Waals surface area contributed by atoms with Gasteiger partial charge in [0.1, 0.15) is 18.2 Å². The van der Waals surface area contributed by atoms with Crippen LogP contribution in [0.25, 0.3) is 16.9 Å². The summed E-state index contributed by atoms with van der Waals surface area (Å²) in [5.74, 6) is 0.689. The monoisotopic (exact) mass is 687 g/mol. The predicted octanol–water partition coefficient (Wildman–Crippen LogP) is 4.06. The third-order valence-corrected chi connectivity index (χ3v) is 9.83. The summed E-state index contributed by atoms with van der Waals surface area (Å²) >= 11 is 3.52. The molecule has 46 heavy (non-hydrogen) atoms. The first-order valence-corrected chi connectivity index (χ1v) is 16.1. The number of carbonyl (C=O) groups excluding carboxylic acids is 2. The molecule has 5 unspecified atom stereocenters. The van der Waals surface area contributed by atoms with Crippen molar-refractivity contribution in [1.82, 2.24) is 14.9 Å². The SMILES string of the molecule is Cc1c[n+](C(C)COCC2OC(=O)N3c4ccc(Br)cc4CC23)nn1-c1ccc(-c2ccc3c(c2)CC2C(CO)OC(=O)N32)cn1. The Labute approximate surface area is 273 Å². The molecular weight excluding hydrogens is 656 g/mol. The summed E-state index contributed by atoms with van der Waals surface area (Å²) in [6.07, 6.45) is 3.58. The molecule has 4 aromatic rings. The van der Waals surface area contributed by atoms with E-state index >= 15 is 0 Å². The number of aryl methyl sites for hydroxylation is 1. The Hall–Kier alpha value is -4.33. The molecule has 5 atom stereocenters. The Bertz CT molecular complexity index is 1860. The number of fused-ring (bicyclic) bond motifs is 6. The van der Waals surface area contributed by atoms with Gasteiger partial charge in [-0.05, 0) is 72.9 Å². The van der Waals surface area contributed by atoms with Gasteiger partial charge in [-0.25, -0.2) is 14.6 Å². The van der Waals surface area contributed by atoms with Crippen molar-refractivity contribution in [2.45, 2.75) is 57.0 Å². The number of pyridine rings is 1. The summed E-state index contributed by atoms with van der Waals surface area (Å²) in [4.78, 5) is 33.0. The van der Waals surface area contributed by atoms with Crippen molar-refractivity contribution in [1.29, 1.82) is 0 Å². The number of carbonyl (C=O) groups is 2.